The number of methoxy groups -OCH3 is 1. The van der Waals surface area contributed by atoms with Gasteiger partial charge in [0.25, 0.3) is 5.56 Å². The van der Waals surface area contributed by atoms with Gasteiger partial charge >= 0.3 is 0 Å². The molecule has 0 bridgehead atoms. The molecule has 1 N–H and O–H groups in total. The average molecular weight is 287 g/mol. The zero-order valence-corrected chi connectivity index (χ0v) is 11.4. The van der Waals surface area contributed by atoms with Crippen molar-refractivity contribution in [2.24, 2.45) is 0 Å². The molecule has 3 rings (SSSR count). The minimum absolute atomic E-state index is 0.169. The van der Waals surface area contributed by atoms with Gasteiger partial charge in [-0.15, -0.1) is 0 Å². The van der Waals surface area contributed by atoms with E-state index in [0.717, 1.165) is 5.56 Å². The van der Waals surface area contributed by atoms with Gasteiger partial charge in [-0.05, 0) is 30.3 Å². The van der Waals surface area contributed by atoms with Crippen LogP contribution < -0.4 is 10.3 Å². The van der Waals surface area contributed by atoms with Crippen molar-refractivity contribution in [2.75, 3.05) is 7.11 Å². The fraction of sp³-hybridized carbons (Fsp3) is 0.0667. The van der Waals surface area contributed by atoms with Crippen LogP contribution in [-0.2, 0) is 0 Å². The zero-order chi connectivity index (χ0) is 14.1. The van der Waals surface area contributed by atoms with E-state index >= 15 is 0 Å². The molecule has 0 saturated carbocycles. The smallest absolute Gasteiger partial charge is 0.259 e. The van der Waals surface area contributed by atoms with Gasteiger partial charge in [0, 0.05) is 5.56 Å². The standard InChI is InChI=1S/C15H11ClN2O2/c1-20-13-7-6-9(8-11(13)16)14-17-12-5-3-2-4-10(12)15(19)18-14/h2-8H,1H3,(H,17,18,19). The number of nitrogens with one attached hydrogen (secondary N) is 1. The van der Waals surface area contributed by atoms with E-state index in [1.807, 2.05) is 12.1 Å². The molecule has 2 aromatic carbocycles. The Bertz CT molecular complexity index is 843. The first-order valence-electron chi connectivity index (χ1n) is 6.02. The molecule has 4 nitrogen and oxygen atoms in total. The Balaban J connectivity index is 2.19. The van der Waals surface area contributed by atoms with Crippen LogP contribution in [-0.4, -0.2) is 17.1 Å². The van der Waals surface area contributed by atoms with E-state index in [2.05, 4.69) is 9.97 Å². The van der Waals surface area contributed by atoms with Gasteiger partial charge in [0.2, 0.25) is 0 Å². The average Bonchev–Trinajstić information content (AvgIpc) is 2.47. The molecule has 0 fully saturated rings. The maximum atomic E-state index is 12.0. The topological polar surface area (TPSA) is 55.0 Å². The predicted molar refractivity (Wildman–Crippen MR) is 79.4 cm³/mol. The van der Waals surface area contributed by atoms with Crippen LogP contribution >= 0.6 is 11.6 Å². The molecule has 5 heteroatoms. The van der Waals surface area contributed by atoms with E-state index in [-0.39, 0.29) is 5.56 Å². The molecule has 1 aromatic heterocycles. The summed E-state index contributed by atoms with van der Waals surface area (Å²) >= 11 is 6.09. The molecule has 0 aliphatic carbocycles. The highest BCUT2D eigenvalue weighted by atomic mass is 35.5. The fourth-order valence-corrected chi connectivity index (χ4v) is 2.29. The maximum absolute atomic E-state index is 12.0. The number of rotatable bonds is 2. The van der Waals surface area contributed by atoms with Crippen molar-refractivity contribution < 1.29 is 4.74 Å². The number of fused-ring (bicyclic) bond motifs is 1. The zero-order valence-electron chi connectivity index (χ0n) is 10.7. The van der Waals surface area contributed by atoms with Crippen molar-refractivity contribution in [3.05, 3.63) is 57.8 Å². The predicted octanol–water partition coefficient (Wildman–Crippen LogP) is 3.25. The number of nitrogens with zero attached hydrogens (tertiary/aromatic N) is 1. The molecule has 0 atom stereocenters. The molecular formula is C15H11ClN2O2. The number of benzene rings is 2. The van der Waals surface area contributed by atoms with Gasteiger partial charge in [0.1, 0.15) is 11.6 Å². The van der Waals surface area contributed by atoms with Gasteiger partial charge in [-0.2, -0.15) is 0 Å². The Morgan fingerprint density at radius 3 is 2.75 bits per heavy atom. The van der Waals surface area contributed by atoms with Gasteiger partial charge < -0.3 is 9.72 Å². The van der Waals surface area contributed by atoms with E-state index in [0.29, 0.717) is 27.5 Å². The van der Waals surface area contributed by atoms with Crippen LogP contribution in [0.3, 0.4) is 0 Å². The van der Waals surface area contributed by atoms with Gasteiger partial charge in [0.05, 0.1) is 23.0 Å². The van der Waals surface area contributed by atoms with Gasteiger partial charge in [0.15, 0.2) is 0 Å². The lowest BCUT2D eigenvalue weighted by molar-refractivity contribution is 0.415. The second-order valence-corrected chi connectivity index (χ2v) is 4.69. The maximum Gasteiger partial charge on any atom is 0.259 e. The lowest BCUT2D eigenvalue weighted by Gasteiger charge is -2.06. The Morgan fingerprint density at radius 1 is 1.20 bits per heavy atom. The Kier molecular flexibility index (Phi) is 3.16. The molecule has 0 amide bonds. The second-order valence-electron chi connectivity index (χ2n) is 4.28. The van der Waals surface area contributed by atoms with E-state index in [1.165, 1.54) is 0 Å². The summed E-state index contributed by atoms with van der Waals surface area (Å²) in [5.41, 5.74) is 1.22. The molecule has 1 heterocycles. The first-order valence-corrected chi connectivity index (χ1v) is 6.40. The van der Waals surface area contributed by atoms with Crippen LogP contribution in [0.1, 0.15) is 0 Å². The number of hydrogen-bond acceptors (Lipinski definition) is 3. The van der Waals surface area contributed by atoms with Gasteiger partial charge in [-0.25, -0.2) is 4.98 Å². The molecule has 3 aromatic rings. The summed E-state index contributed by atoms with van der Waals surface area (Å²) in [5, 5.41) is 1.04. The summed E-state index contributed by atoms with van der Waals surface area (Å²) < 4.78 is 5.11. The summed E-state index contributed by atoms with van der Waals surface area (Å²) in [6, 6.07) is 12.5. The monoisotopic (exact) mass is 286 g/mol. The highest BCUT2D eigenvalue weighted by Crippen LogP contribution is 2.28. The normalized spacial score (nSPS) is 10.7. The summed E-state index contributed by atoms with van der Waals surface area (Å²) in [7, 11) is 1.55. The third-order valence-corrected chi connectivity index (χ3v) is 3.33. The minimum Gasteiger partial charge on any atom is -0.495 e. The Labute approximate surface area is 120 Å². The number of ether oxygens (including phenoxy) is 1. The summed E-state index contributed by atoms with van der Waals surface area (Å²) in [6.45, 7) is 0. The van der Waals surface area contributed by atoms with Crippen LogP contribution in [0.15, 0.2) is 47.3 Å². The van der Waals surface area contributed by atoms with E-state index in [1.54, 1.807) is 37.4 Å². The van der Waals surface area contributed by atoms with Gasteiger partial charge in [-0.1, -0.05) is 23.7 Å². The molecule has 100 valence electrons. The lowest BCUT2D eigenvalue weighted by Crippen LogP contribution is -2.09. The molecule has 0 unspecified atom stereocenters. The second kappa shape index (κ2) is 4.98. The highest BCUT2D eigenvalue weighted by Gasteiger charge is 2.08. The molecule has 0 saturated heterocycles. The number of halogens is 1. The quantitative estimate of drug-likeness (QED) is 0.787. The summed E-state index contributed by atoms with van der Waals surface area (Å²) in [6.07, 6.45) is 0. The van der Waals surface area contributed by atoms with E-state index in [9.17, 15) is 4.79 Å². The van der Waals surface area contributed by atoms with Gasteiger partial charge in [-0.3, -0.25) is 4.79 Å². The number of aromatic nitrogens is 2. The van der Waals surface area contributed by atoms with Crippen LogP contribution in [0.5, 0.6) is 5.75 Å². The van der Waals surface area contributed by atoms with E-state index in [4.69, 9.17) is 16.3 Å². The number of H-pyrrole nitrogens is 1. The van der Waals surface area contributed by atoms with Crippen molar-refractivity contribution >= 4 is 22.5 Å². The molecule has 0 aliphatic heterocycles. The first kappa shape index (κ1) is 12.7. The largest absolute Gasteiger partial charge is 0.495 e. The molecule has 20 heavy (non-hydrogen) atoms. The molecule has 0 aliphatic rings. The fourth-order valence-electron chi connectivity index (χ4n) is 2.04. The Morgan fingerprint density at radius 2 is 2.00 bits per heavy atom. The third-order valence-electron chi connectivity index (χ3n) is 3.04. The molecular weight excluding hydrogens is 276 g/mol. The Hall–Kier alpha value is -2.33. The summed E-state index contributed by atoms with van der Waals surface area (Å²) in [4.78, 5) is 19.2. The van der Waals surface area contributed by atoms with Crippen LogP contribution in [0, 0.1) is 0 Å². The van der Waals surface area contributed by atoms with E-state index < -0.39 is 0 Å². The summed E-state index contributed by atoms with van der Waals surface area (Å²) in [5.74, 6) is 1.07. The van der Waals surface area contributed by atoms with Crippen molar-refractivity contribution in [2.45, 2.75) is 0 Å². The lowest BCUT2D eigenvalue weighted by atomic mass is 10.2. The minimum atomic E-state index is -0.169. The molecule has 0 spiro atoms. The first-order chi connectivity index (χ1) is 9.69. The number of para-hydroxylation sites is 1. The van der Waals surface area contributed by atoms with Crippen molar-refractivity contribution in [1.29, 1.82) is 0 Å². The van der Waals surface area contributed by atoms with Crippen molar-refractivity contribution in [3.63, 3.8) is 0 Å². The third kappa shape index (κ3) is 2.14. The van der Waals surface area contributed by atoms with Crippen molar-refractivity contribution in [3.8, 4) is 17.1 Å². The van der Waals surface area contributed by atoms with Crippen LogP contribution in [0.4, 0.5) is 0 Å². The number of hydrogen-bond donors (Lipinski definition) is 1. The SMILES string of the molecule is COc1ccc(-c2nc3ccccc3c(=O)[nH]2)cc1Cl. The highest BCUT2D eigenvalue weighted by molar-refractivity contribution is 6.32. The molecule has 0 radical (unpaired) electrons. The van der Waals surface area contributed by atoms with Crippen molar-refractivity contribution in [1.82, 2.24) is 9.97 Å². The van der Waals surface area contributed by atoms with Crippen LogP contribution in [0.25, 0.3) is 22.3 Å². The van der Waals surface area contributed by atoms with Crippen LogP contribution in [0.2, 0.25) is 5.02 Å². The number of aromatic amines is 1.